The van der Waals surface area contributed by atoms with Gasteiger partial charge in [0.25, 0.3) is 5.91 Å². The molecular weight excluding hydrogens is 563 g/mol. The van der Waals surface area contributed by atoms with E-state index in [4.69, 9.17) is 9.47 Å². The Labute approximate surface area is 251 Å². The quantitative estimate of drug-likeness (QED) is 0.383. The second-order valence-corrected chi connectivity index (χ2v) is 12.8. The predicted molar refractivity (Wildman–Crippen MR) is 154 cm³/mol. The number of rotatable bonds is 8. The molecule has 4 rings (SSSR count). The highest BCUT2D eigenvalue weighted by molar-refractivity contribution is 5.88. The molecular formula is C32H42F3N3O5. The summed E-state index contributed by atoms with van der Waals surface area (Å²) in [5, 5.41) is 14.1. The SMILES string of the molecule is COc1ncc(C(F)(F)F)cc1CN[C@H]1[C@H](C(C)(C)C)[C@@H](C(=O)O)N(C(=O)[C@H]2CCCCO2)[C@H]1c1ccccc1C(C)C. The van der Waals surface area contributed by atoms with Crippen molar-refractivity contribution in [2.75, 3.05) is 13.7 Å². The molecule has 0 bridgehead atoms. The zero-order valence-electron chi connectivity index (χ0n) is 25.6. The van der Waals surface area contributed by atoms with Crippen molar-refractivity contribution >= 4 is 11.9 Å². The first-order valence-electron chi connectivity index (χ1n) is 14.8. The van der Waals surface area contributed by atoms with Crippen molar-refractivity contribution in [1.29, 1.82) is 0 Å². The Bertz CT molecular complexity index is 1300. The Balaban J connectivity index is 1.89. The second kappa shape index (κ2) is 12.8. The number of halogens is 3. The van der Waals surface area contributed by atoms with E-state index in [0.717, 1.165) is 36.2 Å². The lowest BCUT2D eigenvalue weighted by Gasteiger charge is -2.36. The summed E-state index contributed by atoms with van der Waals surface area (Å²) in [4.78, 5) is 32.8. The molecule has 0 spiro atoms. The molecule has 2 saturated heterocycles. The molecule has 2 fully saturated rings. The predicted octanol–water partition coefficient (Wildman–Crippen LogP) is 5.96. The summed E-state index contributed by atoms with van der Waals surface area (Å²) in [6, 6.07) is 6.05. The van der Waals surface area contributed by atoms with E-state index in [2.05, 4.69) is 10.3 Å². The number of aliphatic carboxylic acids is 1. The number of amides is 1. The molecule has 0 unspecified atom stereocenters. The summed E-state index contributed by atoms with van der Waals surface area (Å²) >= 11 is 0. The number of carbonyl (C=O) groups excluding carboxylic acids is 1. The van der Waals surface area contributed by atoms with Crippen LogP contribution in [0.4, 0.5) is 13.2 Å². The minimum atomic E-state index is -4.61. The van der Waals surface area contributed by atoms with Crippen molar-refractivity contribution in [3.05, 3.63) is 58.8 Å². The highest BCUT2D eigenvalue weighted by Crippen LogP contribution is 2.50. The Morgan fingerprint density at radius 1 is 1.19 bits per heavy atom. The normalized spacial score (nSPS) is 24.8. The van der Waals surface area contributed by atoms with Crippen LogP contribution in [0.2, 0.25) is 0 Å². The number of alkyl halides is 3. The maximum atomic E-state index is 14.3. The highest BCUT2D eigenvalue weighted by atomic mass is 19.4. The first kappa shape index (κ1) is 32.7. The minimum Gasteiger partial charge on any atom is -0.481 e. The van der Waals surface area contributed by atoms with E-state index in [1.165, 1.54) is 12.0 Å². The number of hydrogen-bond donors (Lipinski definition) is 2. The minimum absolute atomic E-state index is 0.0308. The number of benzene rings is 1. The van der Waals surface area contributed by atoms with Gasteiger partial charge in [-0.3, -0.25) is 4.79 Å². The molecule has 236 valence electrons. The molecule has 0 aliphatic carbocycles. The fraction of sp³-hybridized carbons (Fsp3) is 0.594. The number of methoxy groups -OCH3 is 1. The topological polar surface area (TPSA) is 101 Å². The van der Waals surface area contributed by atoms with Gasteiger partial charge in [-0.05, 0) is 47.8 Å². The molecule has 2 aliphatic rings. The third-order valence-corrected chi connectivity index (χ3v) is 8.54. The zero-order chi connectivity index (χ0) is 31.7. The van der Waals surface area contributed by atoms with Gasteiger partial charge in [-0.15, -0.1) is 0 Å². The van der Waals surface area contributed by atoms with Crippen LogP contribution >= 0.6 is 0 Å². The number of pyridine rings is 1. The van der Waals surface area contributed by atoms with E-state index in [-0.39, 0.29) is 29.8 Å². The van der Waals surface area contributed by atoms with Crippen LogP contribution in [0.5, 0.6) is 5.88 Å². The van der Waals surface area contributed by atoms with Gasteiger partial charge in [-0.25, -0.2) is 9.78 Å². The highest BCUT2D eigenvalue weighted by Gasteiger charge is 2.59. The molecule has 1 amide bonds. The van der Waals surface area contributed by atoms with Gasteiger partial charge >= 0.3 is 12.1 Å². The third kappa shape index (κ3) is 6.82. The van der Waals surface area contributed by atoms with Crippen molar-refractivity contribution in [3.8, 4) is 5.88 Å². The summed E-state index contributed by atoms with van der Waals surface area (Å²) in [7, 11) is 1.33. The van der Waals surface area contributed by atoms with E-state index in [0.29, 0.717) is 13.0 Å². The van der Waals surface area contributed by atoms with Gasteiger partial charge < -0.3 is 24.8 Å². The summed E-state index contributed by atoms with van der Waals surface area (Å²) in [5.74, 6) is -2.05. The Morgan fingerprint density at radius 2 is 1.88 bits per heavy atom. The molecule has 0 saturated carbocycles. The van der Waals surface area contributed by atoms with Gasteiger partial charge in [0.1, 0.15) is 12.1 Å². The van der Waals surface area contributed by atoms with Crippen LogP contribution < -0.4 is 10.1 Å². The van der Waals surface area contributed by atoms with Gasteiger partial charge in [0.15, 0.2) is 0 Å². The van der Waals surface area contributed by atoms with E-state index < -0.39 is 53.3 Å². The van der Waals surface area contributed by atoms with E-state index >= 15 is 0 Å². The van der Waals surface area contributed by atoms with Gasteiger partial charge in [0.05, 0.1) is 18.7 Å². The first-order valence-corrected chi connectivity index (χ1v) is 14.8. The lowest BCUT2D eigenvalue weighted by atomic mass is 9.72. The van der Waals surface area contributed by atoms with Crippen LogP contribution in [0.25, 0.3) is 0 Å². The van der Waals surface area contributed by atoms with E-state index in [9.17, 15) is 27.9 Å². The van der Waals surface area contributed by atoms with Gasteiger partial charge in [0.2, 0.25) is 5.88 Å². The summed E-state index contributed by atoms with van der Waals surface area (Å²) in [6.45, 7) is 10.2. The average Bonchev–Trinajstić information content (AvgIpc) is 3.31. The number of likely N-dealkylation sites (tertiary alicyclic amines) is 1. The fourth-order valence-electron chi connectivity index (χ4n) is 6.65. The van der Waals surface area contributed by atoms with Crippen LogP contribution in [0, 0.1) is 11.3 Å². The largest absolute Gasteiger partial charge is 0.481 e. The summed E-state index contributed by atoms with van der Waals surface area (Å²) < 4.78 is 52.0. The summed E-state index contributed by atoms with van der Waals surface area (Å²) in [5.41, 5.74) is 0.392. The van der Waals surface area contributed by atoms with E-state index in [1.807, 2.05) is 58.9 Å². The van der Waals surface area contributed by atoms with Crippen LogP contribution in [0.15, 0.2) is 36.5 Å². The molecule has 2 N–H and O–H groups in total. The molecule has 0 radical (unpaired) electrons. The lowest BCUT2D eigenvalue weighted by molar-refractivity contribution is -0.159. The van der Waals surface area contributed by atoms with E-state index in [1.54, 1.807) is 0 Å². The molecule has 3 heterocycles. The monoisotopic (exact) mass is 605 g/mol. The number of aromatic nitrogens is 1. The number of carboxylic acids is 1. The van der Waals surface area contributed by atoms with Crippen molar-refractivity contribution in [3.63, 3.8) is 0 Å². The molecule has 1 aromatic carbocycles. The number of hydrogen-bond acceptors (Lipinski definition) is 6. The van der Waals surface area contributed by atoms with Crippen LogP contribution in [-0.2, 0) is 27.0 Å². The van der Waals surface area contributed by atoms with Gasteiger partial charge in [-0.1, -0.05) is 58.9 Å². The fourth-order valence-corrected chi connectivity index (χ4v) is 6.65. The number of ether oxygens (including phenoxy) is 2. The number of nitrogens with zero attached hydrogens (tertiary/aromatic N) is 2. The average molecular weight is 606 g/mol. The first-order chi connectivity index (χ1) is 20.2. The van der Waals surface area contributed by atoms with Crippen molar-refractivity contribution in [1.82, 2.24) is 15.2 Å². The Kier molecular flexibility index (Phi) is 9.76. The molecule has 43 heavy (non-hydrogen) atoms. The molecule has 1 aromatic heterocycles. The standard InChI is InChI=1S/C32H42F3N3O5/c1-18(2)21-11-7-8-12-22(21)26-25(36-16-19-15-20(32(33,34)35)17-37-28(19)42-6)24(31(3,4)5)27(30(40)41)38(26)29(39)23-13-9-10-14-43-23/h7-8,11-12,15,17-18,23-27,36H,9-10,13-14,16H2,1-6H3,(H,40,41)/t23-,24+,25+,26+,27+/m1/s1. The van der Waals surface area contributed by atoms with Crippen LogP contribution in [-0.4, -0.2) is 58.8 Å². The van der Waals surface area contributed by atoms with Crippen LogP contribution in [0.1, 0.15) is 88.1 Å². The third-order valence-electron chi connectivity index (χ3n) is 8.54. The van der Waals surface area contributed by atoms with Crippen LogP contribution in [0.3, 0.4) is 0 Å². The van der Waals surface area contributed by atoms with Gasteiger partial charge in [-0.2, -0.15) is 13.2 Å². The summed E-state index contributed by atoms with van der Waals surface area (Å²) in [6.07, 6.45) is -2.54. The zero-order valence-corrected chi connectivity index (χ0v) is 25.6. The number of carbonyl (C=O) groups is 2. The number of nitrogens with one attached hydrogen (secondary N) is 1. The molecule has 11 heteroatoms. The van der Waals surface area contributed by atoms with Gasteiger partial charge in [0, 0.05) is 36.9 Å². The van der Waals surface area contributed by atoms with Crippen molar-refractivity contribution < 1.29 is 37.3 Å². The number of carboxylic acid groups (broad SMARTS) is 1. The van der Waals surface area contributed by atoms with Crippen molar-refractivity contribution in [2.24, 2.45) is 11.3 Å². The Hall–Kier alpha value is -3.18. The maximum absolute atomic E-state index is 14.3. The molecule has 8 nitrogen and oxygen atoms in total. The molecule has 2 aromatic rings. The second-order valence-electron chi connectivity index (χ2n) is 12.8. The maximum Gasteiger partial charge on any atom is 0.417 e. The smallest absolute Gasteiger partial charge is 0.417 e. The Morgan fingerprint density at radius 3 is 2.44 bits per heavy atom. The molecule has 2 aliphatic heterocycles. The molecule has 5 atom stereocenters. The lowest BCUT2D eigenvalue weighted by Crippen LogP contribution is -2.51. The van der Waals surface area contributed by atoms with Crippen molar-refractivity contribution in [2.45, 2.75) is 96.7 Å².